The van der Waals surface area contributed by atoms with E-state index in [9.17, 15) is 19.0 Å². The van der Waals surface area contributed by atoms with E-state index >= 15 is 0 Å². The number of esters is 2. The number of quaternary nitrogens is 1. The van der Waals surface area contributed by atoms with Gasteiger partial charge in [0.05, 0.1) is 27.7 Å². The van der Waals surface area contributed by atoms with E-state index in [2.05, 4.69) is 26.0 Å². The molecular formula is C54H106NO8P. The van der Waals surface area contributed by atoms with Gasteiger partial charge >= 0.3 is 11.9 Å². The predicted octanol–water partition coefficient (Wildman–Crippen LogP) is 15.8. The molecule has 0 aromatic heterocycles. The number of rotatable bonds is 51. The number of phosphoric ester groups is 1. The topological polar surface area (TPSA) is 111 Å². The number of unbranched alkanes of at least 4 members (excludes halogenated alkanes) is 35. The second-order valence-corrected chi connectivity index (χ2v) is 21.4. The molecule has 0 fully saturated rings. The summed E-state index contributed by atoms with van der Waals surface area (Å²) in [6.07, 6.45) is 52.4. The van der Waals surface area contributed by atoms with Crippen LogP contribution in [0.5, 0.6) is 0 Å². The van der Waals surface area contributed by atoms with Crippen molar-refractivity contribution in [2.24, 2.45) is 0 Å². The Balaban J connectivity index is 4.17. The largest absolute Gasteiger partial charge is 0.756 e. The van der Waals surface area contributed by atoms with Gasteiger partial charge in [-0.15, -0.1) is 0 Å². The summed E-state index contributed by atoms with van der Waals surface area (Å²) in [5.74, 6) is -0.819. The van der Waals surface area contributed by atoms with Crippen LogP contribution in [0, 0.1) is 0 Å². The van der Waals surface area contributed by atoms with Crippen molar-refractivity contribution in [3.63, 3.8) is 0 Å². The lowest BCUT2D eigenvalue weighted by molar-refractivity contribution is -0.870. The number of hydrogen-bond donors (Lipinski definition) is 0. The molecule has 0 amide bonds. The molecule has 0 aromatic carbocycles. The van der Waals surface area contributed by atoms with Crippen molar-refractivity contribution in [3.05, 3.63) is 12.2 Å². The van der Waals surface area contributed by atoms with E-state index < -0.39 is 26.5 Å². The highest BCUT2D eigenvalue weighted by Crippen LogP contribution is 2.38. The van der Waals surface area contributed by atoms with E-state index in [-0.39, 0.29) is 32.0 Å². The Labute approximate surface area is 396 Å². The van der Waals surface area contributed by atoms with Crippen LogP contribution in [0.1, 0.15) is 271 Å². The minimum atomic E-state index is -4.63. The highest BCUT2D eigenvalue weighted by atomic mass is 31.2. The maximum Gasteiger partial charge on any atom is 0.306 e. The molecule has 0 aromatic rings. The van der Waals surface area contributed by atoms with E-state index in [4.69, 9.17) is 18.5 Å². The van der Waals surface area contributed by atoms with E-state index in [1.54, 1.807) is 0 Å². The second kappa shape index (κ2) is 46.8. The minimum Gasteiger partial charge on any atom is -0.756 e. The molecule has 10 heteroatoms. The van der Waals surface area contributed by atoms with Crippen LogP contribution in [0.4, 0.5) is 0 Å². The Morgan fingerprint density at radius 1 is 0.469 bits per heavy atom. The monoisotopic (exact) mass is 928 g/mol. The summed E-state index contributed by atoms with van der Waals surface area (Å²) in [7, 11) is 1.18. The zero-order valence-corrected chi connectivity index (χ0v) is 43.9. The molecular weight excluding hydrogens is 822 g/mol. The van der Waals surface area contributed by atoms with Gasteiger partial charge in [0.15, 0.2) is 6.10 Å². The first-order valence-electron chi connectivity index (χ1n) is 27.4. The third-order valence-corrected chi connectivity index (χ3v) is 13.2. The third kappa shape index (κ3) is 50.2. The van der Waals surface area contributed by atoms with Gasteiger partial charge < -0.3 is 27.9 Å². The number of nitrogens with zero attached hydrogens (tertiary/aromatic N) is 1. The molecule has 380 valence electrons. The Bertz CT molecular complexity index is 1100. The molecule has 0 aliphatic rings. The van der Waals surface area contributed by atoms with E-state index in [1.807, 2.05) is 21.1 Å². The van der Waals surface area contributed by atoms with Crippen LogP contribution < -0.4 is 4.89 Å². The smallest absolute Gasteiger partial charge is 0.306 e. The normalized spacial score (nSPS) is 13.4. The molecule has 0 saturated carbocycles. The Morgan fingerprint density at radius 2 is 0.797 bits per heavy atom. The van der Waals surface area contributed by atoms with Crippen molar-refractivity contribution in [2.75, 3.05) is 47.5 Å². The summed E-state index contributed by atoms with van der Waals surface area (Å²) >= 11 is 0. The van der Waals surface area contributed by atoms with Gasteiger partial charge in [-0.05, 0) is 38.5 Å². The van der Waals surface area contributed by atoms with Gasteiger partial charge in [0.25, 0.3) is 7.82 Å². The summed E-state index contributed by atoms with van der Waals surface area (Å²) < 4.78 is 34.1. The molecule has 0 bridgehead atoms. The van der Waals surface area contributed by atoms with Crippen molar-refractivity contribution >= 4 is 19.8 Å². The maximum absolute atomic E-state index is 12.8. The zero-order valence-electron chi connectivity index (χ0n) is 43.0. The average molecular weight is 928 g/mol. The summed E-state index contributed by atoms with van der Waals surface area (Å²) in [5.41, 5.74) is 0. The van der Waals surface area contributed by atoms with E-state index in [0.29, 0.717) is 17.4 Å². The first kappa shape index (κ1) is 62.8. The number of carbonyl (C=O) groups excluding carboxylic acids is 2. The number of hydrogen-bond acceptors (Lipinski definition) is 8. The van der Waals surface area contributed by atoms with Gasteiger partial charge in [-0.25, -0.2) is 0 Å². The lowest BCUT2D eigenvalue weighted by Gasteiger charge is -2.28. The highest BCUT2D eigenvalue weighted by Gasteiger charge is 2.21. The van der Waals surface area contributed by atoms with Crippen molar-refractivity contribution in [2.45, 2.75) is 277 Å². The fourth-order valence-electron chi connectivity index (χ4n) is 8.01. The van der Waals surface area contributed by atoms with Crippen LogP contribution >= 0.6 is 7.82 Å². The molecule has 0 rings (SSSR count). The molecule has 0 spiro atoms. The van der Waals surface area contributed by atoms with Crippen LogP contribution in [0.2, 0.25) is 0 Å². The van der Waals surface area contributed by atoms with Crippen LogP contribution in [0.15, 0.2) is 12.2 Å². The first-order chi connectivity index (χ1) is 31.0. The fourth-order valence-corrected chi connectivity index (χ4v) is 8.73. The maximum atomic E-state index is 12.8. The molecule has 0 heterocycles. The van der Waals surface area contributed by atoms with Crippen molar-refractivity contribution < 1.29 is 42.1 Å². The summed E-state index contributed by atoms with van der Waals surface area (Å²) in [4.78, 5) is 37.8. The molecule has 0 aliphatic heterocycles. The van der Waals surface area contributed by atoms with Crippen LogP contribution in [-0.2, 0) is 32.7 Å². The summed E-state index contributed by atoms with van der Waals surface area (Å²) in [6.45, 7) is 4.28. The zero-order chi connectivity index (χ0) is 47.1. The molecule has 2 atom stereocenters. The number of allylic oxidation sites excluding steroid dienone is 2. The molecule has 1 unspecified atom stereocenters. The highest BCUT2D eigenvalue weighted by molar-refractivity contribution is 7.45. The average Bonchev–Trinajstić information content (AvgIpc) is 3.25. The Morgan fingerprint density at radius 3 is 1.16 bits per heavy atom. The van der Waals surface area contributed by atoms with Crippen molar-refractivity contribution in [1.82, 2.24) is 0 Å². The summed E-state index contributed by atoms with van der Waals surface area (Å²) in [5, 5.41) is 0. The lowest BCUT2D eigenvalue weighted by Crippen LogP contribution is -2.37. The molecule has 0 saturated heterocycles. The van der Waals surface area contributed by atoms with Gasteiger partial charge in [0.2, 0.25) is 0 Å². The van der Waals surface area contributed by atoms with E-state index in [0.717, 1.165) is 38.5 Å². The quantitative estimate of drug-likeness (QED) is 0.0195. The molecule has 0 aliphatic carbocycles. The van der Waals surface area contributed by atoms with Crippen molar-refractivity contribution in [1.29, 1.82) is 0 Å². The molecule has 9 nitrogen and oxygen atoms in total. The number of ether oxygens (including phenoxy) is 2. The van der Waals surface area contributed by atoms with Gasteiger partial charge in [0.1, 0.15) is 19.8 Å². The predicted molar refractivity (Wildman–Crippen MR) is 268 cm³/mol. The van der Waals surface area contributed by atoms with Crippen molar-refractivity contribution in [3.8, 4) is 0 Å². The molecule has 0 radical (unpaired) electrons. The molecule has 64 heavy (non-hydrogen) atoms. The van der Waals surface area contributed by atoms with Crippen LogP contribution in [0.25, 0.3) is 0 Å². The summed E-state index contributed by atoms with van der Waals surface area (Å²) in [6, 6.07) is 0. The van der Waals surface area contributed by atoms with Gasteiger partial charge in [-0.2, -0.15) is 0 Å². The Hall–Kier alpha value is -1.25. The van der Waals surface area contributed by atoms with Gasteiger partial charge in [-0.3, -0.25) is 14.2 Å². The minimum absolute atomic E-state index is 0.0276. The van der Waals surface area contributed by atoms with Gasteiger partial charge in [-0.1, -0.05) is 231 Å². The fraction of sp³-hybridized carbons (Fsp3) is 0.926. The first-order valence-corrected chi connectivity index (χ1v) is 28.9. The SMILES string of the molecule is CCCCCCCC/C=C/CCCCCCCCCCCC(=O)O[C@H](COC(=O)CCCCCCCCCCCCCCCCCCCCCCC)COP(=O)([O-])OCC[N+](C)(C)C. The number of likely N-dealkylation sites (N-methyl/N-ethyl adjacent to an activating group) is 1. The van der Waals surface area contributed by atoms with E-state index in [1.165, 1.54) is 199 Å². The lowest BCUT2D eigenvalue weighted by atomic mass is 10.0. The number of carbonyl (C=O) groups is 2. The third-order valence-electron chi connectivity index (χ3n) is 12.3. The Kier molecular flexibility index (Phi) is 45.9. The molecule has 0 N–H and O–H groups in total. The second-order valence-electron chi connectivity index (χ2n) is 20.0. The van der Waals surface area contributed by atoms with Crippen LogP contribution in [-0.4, -0.2) is 70.0 Å². The van der Waals surface area contributed by atoms with Gasteiger partial charge in [0, 0.05) is 12.8 Å². The van der Waals surface area contributed by atoms with Crippen LogP contribution in [0.3, 0.4) is 0 Å². The standard InChI is InChI=1S/C54H106NO8P/c1-6-8-10-12-14-16-18-20-22-24-26-27-29-30-32-34-36-38-40-42-44-46-53(56)60-50-52(51-62-64(58,59)61-49-48-55(3,4)5)63-54(57)47-45-43-41-39-37-35-33-31-28-25-23-21-19-17-15-13-11-9-7-2/h21,23,52H,6-20,22,24-51H2,1-5H3/b23-21+/t52-/m1/s1. The number of phosphoric acid groups is 1.